The number of aliphatic imine (C=N–C) groups is 1. The van der Waals surface area contributed by atoms with Gasteiger partial charge in [-0.05, 0) is 57.0 Å². The van der Waals surface area contributed by atoms with E-state index in [-0.39, 0.29) is 24.0 Å². The third-order valence-corrected chi connectivity index (χ3v) is 6.78. The molecule has 8 heteroatoms. The van der Waals surface area contributed by atoms with Crippen LogP contribution in [0.5, 0.6) is 0 Å². The van der Waals surface area contributed by atoms with Crippen molar-refractivity contribution in [2.45, 2.75) is 45.6 Å². The second-order valence-electron chi connectivity index (χ2n) is 8.17. The van der Waals surface area contributed by atoms with Gasteiger partial charge >= 0.3 is 0 Å². The van der Waals surface area contributed by atoms with E-state index >= 15 is 0 Å². The standard InChI is InChI=1S/C21H37N5OS.HI/c1-4-20-24-19(16-28-20)14-26-9-7-17(8-10-26)13-23-21(22-2)25(3)11-12-27-15-18-5-6-18;/h16-18H,4-15H2,1-3H3,(H,22,23);1H. The number of nitrogens with one attached hydrogen (secondary N) is 1. The number of halogens is 1. The molecule has 1 saturated carbocycles. The Morgan fingerprint density at radius 2 is 2.07 bits per heavy atom. The fourth-order valence-corrected chi connectivity index (χ4v) is 4.36. The minimum absolute atomic E-state index is 0. The molecule has 0 aromatic carbocycles. The first-order valence-electron chi connectivity index (χ1n) is 10.8. The first-order chi connectivity index (χ1) is 13.7. The van der Waals surface area contributed by atoms with Crippen LogP contribution in [0.15, 0.2) is 10.4 Å². The monoisotopic (exact) mass is 535 g/mol. The molecule has 1 aliphatic heterocycles. The highest BCUT2D eigenvalue weighted by atomic mass is 127. The van der Waals surface area contributed by atoms with Gasteiger partial charge in [0.15, 0.2) is 5.96 Å². The molecule has 166 valence electrons. The Morgan fingerprint density at radius 3 is 2.69 bits per heavy atom. The lowest BCUT2D eigenvalue weighted by Gasteiger charge is -2.32. The van der Waals surface area contributed by atoms with Crippen LogP contribution in [0, 0.1) is 11.8 Å². The first kappa shape index (κ1) is 24.8. The van der Waals surface area contributed by atoms with Gasteiger partial charge in [0.2, 0.25) is 0 Å². The van der Waals surface area contributed by atoms with Gasteiger partial charge in [0, 0.05) is 45.7 Å². The van der Waals surface area contributed by atoms with Gasteiger partial charge < -0.3 is 15.0 Å². The maximum absolute atomic E-state index is 5.75. The van der Waals surface area contributed by atoms with Gasteiger partial charge in [0.1, 0.15) is 0 Å². The number of aromatic nitrogens is 1. The summed E-state index contributed by atoms with van der Waals surface area (Å²) in [5, 5.41) is 7.04. The van der Waals surface area contributed by atoms with E-state index in [4.69, 9.17) is 9.72 Å². The summed E-state index contributed by atoms with van der Waals surface area (Å²) in [5.41, 5.74) is 1.24. The fraction of sp³-hybridized carbons (Fsp3) is 0.810. The maximum atomic E-state index is 5.75. The summed E-state index contributed by atoms with van der Waals surface area (Å²) in [6.45, 7) is 9.10. The summed E-state index contributed by atoms with van der Waals surface area (Å²) in [6.07, 6.45) is 6.22. The molecular weight excluding hydrogens is 497 g/mol. The van der Waals surface area contributed by atoms with Gasteiger partial charge in [-0.25, -0.2) is 4.98 Å². The highest BCUT2D eigenvalue weighted by Gasteiger charge is 2.22. The maximum Gasteiger partial charge on any atom is 0.193 e. The van der Waals surface area contributed by atoms with E-state index < -0.39 is 0 Å². The zero-order valence-corrected chi connectivity index (χ0v) is 21.4. The normalized spacial score (nSPS) is 18.5. The van der Waals surface area contributed by atoms with E-state index in [2.05, 4.69) is 39.5 Å². The van der Waals surface area contributed by atoms with Crippen molar-refractivity contribution in [3.05, 3.63) is 16.1 Å². The molecule has 1 aromatic rings. The van der Waals surface area contributed by atoms with Gasteiger partial charge in [-0.15, -0.1) is 35.3 Å². The highest BCUT2D eigenvalue weighted by Crippen LogP contribution is 2.28. The number of piperidine rings is 1. The highest BCUT2D eigenvalue weighted by molar-refractivity contribution is 14.0. The zero-order valence-electron chi connectivity index (χ0n) is 18.2. The van der Waals surface area contributed by atoms with Crippen molar-refractivity contribution < 1.29 is 4.74 Å². The van der Waals surface area contributed by atoms with Gasteiger partial charge in [0.25, 0.3) is 0 Å². The number of nitrogens with zero attached hydrogens (tertiary/aromatic N) is 4. The Labute approximate surface area is 197 Å². The second kappa shape index (κ2) is 13.1. The summed E-state index contributed by atoms with van der Waals surface area (Å²) in [4.78, 5) is 13.9. The van der Waals surface area contributed by atoms with Gasteiger partial charge in [-0.3, -0.25) is 9.89 Å². The van der Waals surface area contributed by atoms with Crippen molar-refractivity contribution in [2.24, 2.45) is 16.8 Å². The third-order valence-electron chi connectivity index (χ3n) is 5.74. The van der Waals surface area contributed by atoms with Crippen LogP contribution in [0.3, 0.4) is 0 Å². The van der Waals surface area contributed by atoms with Gasteiger partial charge in [0.05, 0.1) is 17.3 Å². The van der Waals surface area contributed by atoms with E-state index in [1.54, 1.807) is 11.3 Å². The molecular formula is C21H38IN5OS. The van der Waals surface area contributed by atoms with E-state index in [1.165, 1.54) is 36.4 Å². The Balaban J connectivity index is 0.00000300. The summed E-state index contributed by atoms with van der Waals surface area (Å²) < 4.78 is 5.75. The minimum Gasteiger partial charge on any atom is -0.379 e. The van der Waals surface area contributed by atoms with E-state index in [1.807, 2.05) is 7.05 Å². The van der Waals surface area contributed by atoms with E-state index in [0.29, 0.717) is 5.92 Å². The molecule has 1 N–H and O–H groups in total. The summed E-state index contributed by atoms with van der Waals surface area (Å²) in [6, 6.07) is 0. The smallest absolute Gasteiger partial charge is 0.193 e. The molecule has 1 aromatic heterocycles. The number of guanidine groups is 1. The number of ether oxygens (including phenoxy) is 1. The van der Waals surface area contributed by atoms with Gasteiger partial charge in [-0.1, -0.05) is 6.92 Å². The van der Waals surface area contributed by atoms with Crippen LogP contribution >= 0.6 is 35.3 Å². The van der Waals surface area contributed by atoms with E-state index in [0.717, 1.165) is 64.2 Å². The van der Waals surface area contributed by atoms with Crippen LogP contribution in [0.2, 0.25) is 0 Å². The summed E-state index contributed by atoms with van der Waals surface area (Å²) in [7, 11) is 3.96. The van der Waals surface area contributed by atoms with Crippen molar-refractivity contribution >= 4 is 41.3 Å². The van der Waals surface area contributed by atoms with Crippen LogP contribution < -0.4 is 5.32 Å². The SMILES string of the molecule is CCc1nc(CN2CCC(CNC(=NC)N(C)CCOCC3CC3)CC2)cs1.I. The Morgan fingerprint density at radius 1 is 1.31 bits per heavy atom. The first-order valence-corrected chi connectivity index (χ1v) is 11.7. The molecule has 1 aliphatic carbocycles. The topological polar surface area (TPSA) is 53.0 Å². The van der Waals surface area contributed by atoms with Crippen LogP contribution in [-0.4, -0.2) is 74.2 Å². The average molecular weight is 536 g/mol. The number of likely N-dealkylation sites (tertiary alicyclic amines) is 1. The molecule has 0 bridgehead atoms. The van der Waals surface area contributed by atoms with E-state index in [9.17, 15) is 0 Å². The fourth-order valence-electron chi connectivity index (χ4n) is 3.62. The molecule has 2 fully saturated rings. The third kappa shape index (κ3) is 8.67. The molecule has 0 radical (unpaired) electrons. The number of thiazole rings is 1. The lowest BCUT2D eigenvalue weighted by atomic mass is 9.97. The Kier molecular flexibility index (Phi) is 11.2. The average Bonchev–Trinajstić information content (AvgIpc) is 3.43. The Bertz CT molecular complexity index is 614. The van der Waals surface area contributed by atoms with Crippen LogP contribution in [-0.2, 0) is 17.7 Å². The molecule has 1 saturated heterocycles. The van der Waals surface area contributed by atoms with Crippen LogP contribution in [0.25, 0.3) is 0 Å². The van der Waals surface area contributed by atoms with Crippen molar-refractivity contribution in [2.75, 3.05) is 53.5 Å². The van der Waals surface area contributed by atoms with Crippen LogP contribution in [0.4, 0.5) is 0 Å². The Hall–Kier alpha value is -0.450. The summed E-state index contributed by atoms with van der Waals surface area (Å²) >= 11 is 1.79. The molecule has 2 heterocycles. The van der Waals surface area contributed by atoms with Crippen molar-refractivity contribution in [3.63, 3.8) is 0 Å². The molecule has 2 aliphatic rings. The summed E-state index contributed by atoms with van der Waals surface area (Å²) in [5.74, 6) is 2.53. The second-order valence-corrected chi connectivity index (χ2v) is 9.12. The molecule has 0 unspecified atom stereocenters. The van der Waals surface area contributed by atoms with Gasteiger partial charge in [-0.2, -0.15) is 0 Å². The number of hydrogen-bond acceptors (Lipinski definition) is 5. The number of likely N-dealkylation sites (N-methyl/N-ethyl adjacent to an activating group) is 1. The predicted octanol–water partition coefficient (Wildman–Crippen LogP) is 3.47. The molecule has 0 spiro atoms. The molecule has 0 amide bonds. The lowest BCUT2D eigenvalue weighted by Crippen LogP contribution is -2.44. The van der Waals surface area contributed by atoms with Crippen molar-refractivity contribution in [1.82, 2.24) is 20.1 Å². The molecule has 3 rings (SSSR count). The lowest BCUT2D eigenvalue weighted by molar-refractivity contribution is 0.115. The van der Waals surface area contributed by atoms with Crippen molar-refractivity contribution in [1.29, 1.82) is 0 Å². The van der Waals surface area contributed by atoms with Crippen LogP contribution in [0.1, 0.15) is 43.3 Å². The number of aryl methyl sites for hydroxylation is 1. The number of rotatable bonds is 10. The van der Waals surface area contributed by atoms with Crippen molar-refractivity contribution in [3.8, 4) is 0 Å². The number of hydrogen-bond donors (Lipinski definition) is 1. The molecule has 0 atom stereocenters. The quantitative estimate of drug-likeness (QED) is 0.215. The molecule has 29 heavy (non-hydrogen) atoms. The molecule has 6 nitrogen and oxygen atoms in total. The zero-order chi connectivity index (χ0) is 19.8. The predicted molar refractivity (Wildman–Crippen MR) is 132 cm³/mol. The minimum atomic E-state index is 0. The largest absolute Gasteiger partial charge is 0.379 e.